The highest BCUT2D eigenvalue weighted by Crippen LogP contribution is 2.27. The summed E-state index contributed by atoms with van der Waals surface area (Å²) in [6.07, 6.45) is -5.43. The Morgan fingerprint density at radius 2 is 1.83 bits per heavy atom. The molecule has 0 fully saturated rings. The molecule has 1 heterocycles. The summed E-state index contributed by atoms with van der Waals surface area (Å²) < 4.78 is 64.0. The fourth-order valence-electron chi connectivity index (χ4n) is 3.27. The number of rotatable bonds is 10. The molecule has 3 rings (SSSR count). The van der Waals surface area contributed by atoms with Crippen molar-refractivity contribution in [1.82, 2.24) is 10.3 Å². The Labute approximate surface area is 206 Å². The fourth-order valence-corrected chi connectivity index (χ4v) is 3.27. The number of aryl methyl sites for hydroxylation is 1. The largest absolute Gasteiger partial charge is 0.573 e. The zero-order chi connectivity index (χ0) is 26.5. The average molecular weight is 511 g/mol. The molecule has 0 aliphatic carbocycles. The molecular weight excluding hydrogens is 481 g/mol. The standard InChI is InChI=1S/C25H29F3N2O6/c1-15-30-21-9-8-18(13-22(21)33-15)34-16(2)32-11-10-29-14-17-6-7-19(35-25(26,27)28)12-20(17)23(31)36-24(3,4)5/h6-9,12-13,16,29H,10-11,14H2,1-5H3. The van der Waals surface area contributed by atoms with E-state index in [0.29, 0.717) is 29.3 Å². The predicted molar refractivity (Wildman–Crippen MR) is 125 cm³/mol. The summed E-state index contributed by atoms with van der Waals surface area (Å²) in [5, 5.41) is 3.10. The lowest BCUT2D eigenvalue weighted by Gasteiger charge is -2.21. The normalized spacial score (nSPS) is 13.0. The Bertz CT molecular complexity index is 1190. The topological polar surface area (TPSA) is 92.1 Å². The van der Waals surface area contributed by atoms with E-state index in [1.165, 1.54) is 6.07 Å². The average Bonchev–Trinajstić information content (AvgIpc) is 3.11. The van der Waals surface area contributed by atoms with Gasteiger partial charge in [0.05, 0.1) is 12.2 Å². The molecule has 36 heavy (non-hydrogen) atoms. The summed E-state index contributed by atoms with van der Waals surface area (Å²) in [6, 6.07) is 8.87. The van der Waals surface area contributed by atoms with Gasteiger partial charge in [-0.25, -0.2) is 9.78 Å². The van der Waals surface area contributed by atoms with Crippen molar-refractivity contribution < 1.29 is 41.3 Å². The number of alkyl halides is 3. The number of fused-ring (bicyclic) bond motifs is 1. The zero-order valence-corrected chi connectivity index (χ0v) is 20.7. The van der Waals surface area contributed by atoms with Crippen molar-refractivity contribution in [3.63, 3.8) is 0 Å². The van der Waals surface area contributed by atoms with Crippen LogP contribution in [0.2, 0.25) is 0 Å². The first kappa shape index (κ1) is 27.3. The number of oxazole rings is 1. The van der Waals surface area contributed by atoms with Gasteiger partial charge in [0.2, 0.25) is 0 Å². The molecular formula is C25H29F3N2O6. The molecule has 0 saturated carbocycles. The lowest BCUT2D eigenvalue weighted by Crippen LogP contribution is -2.27. The van der Waals surface area contributed by atoms with E-state index in [-0.39, 0.29) is 18.7 Å². The number of hydrogen-bond donors (Lipinski definition) is 1. The van der Waals surface area contributed by atoms with Gasteiger partial charge in [-0.1, -0.05) is 6.07 Å². The van der Waals surface area contributed by atoms with Crippen LogP contribution < -0.4 is 14.8 Å². The highest BCUT2D eigenvalue weighted by atomic mass is 19.4. The maximum atomic E-state index is 12.6. The zero-order valence-electron chi connectivity index (χ0n) is 20.7. The van der Waals surface area contributed by atoms with Crippen molar-refractivity contribution in [2.45, 2.75) is 59.4 Å². The summed E-state index contributed by atoms with van der Waals surface area (Å²) in [5.74, 6) is -0.110. The first-order chi connectivity index (χ1) is 16.8. The van der Waals surface area contributed by atoms with E-state index in [1.54, 1.807) is 52.8 Å². The van der Waals surface area contributed by atoms with Gasteiger partial charge in [0.1, 0.15) is 22.6 Å². The fraction of sp³-hybridized carbons (Fsp3) is 0.440. The molecule has 0 radical (unpaired) electrons. The van der Waals surface area contributed by atoms with Crippen molar-refractivity contribution in [2.24, 2.45) is 0 Å². The van der Waals surface area contributed by atoms with Crippen molar-refractivity contribution in [3.05, 3.63) is 53.4 Å². The first-order valence-corrected chi connectivity index (χ1v) is 11.3. The van der Waals surface area contributed by atoms with E-state index < -0.39 is 30.0 Å². The monoisotopic (exact) mass is 510 g/mol. The highest BCUT2D eigenvalue weighted by molar-refractivity contribution is 5.92. The quantitative estimate of drug-likeness (QED) is 0.217. The van der Waals surface area contributed by atoms with Gasteiger partial charge in [0, 0.05) is 26.1 Å². The van der Waals surface area contributed by atoms with Crippen LogP contribution in [-0.4, -0.2) is 42.4 Å². The summed E-state index contributed by atoms with van der Waals surface area (Å²) in [5.41, 5.74) is 0.977. The number of esters is 1. The van der Waals surface area contributed by atoms with Crippen LogP contribution in [0.4, 0.5) is 13.2 Å². The summed E-state index contributed by atoms with van der Waals surface area (Å²) in [4.78, 5) is 16.8. The second-order valence-corrected chi connectivity index (χ2v) is 8.96. The Hall–Kier alpha value is -3.31. The summed E-state index contributed by atoms with van der Waals surface area (Å²) in [6.45, 7) is 9.39. The predicted octanol–water partition coefficient (Wildman–Crippen LogP) is 5.52. The number of carbonyl (C=O) groups is 1. The van der Waals surface area contributed by atoms with Gasteiger partial charge in [0.25, 0.3) is 0 Å². The van der Waals surface area contributed by atoms with Crippen LogP contribution in [0.25, 0.3) is 11.1 Å². The molecule has 2 aromatic carbocycles. The van der Waals surface area contributed by atoms with Gasteiger partial charge in [-0.05, 0) is 57.5 Å². The molecule has 8 nitrogen and oxygen atoms in total. The van der Waals surface area contributed by atoms with Crippen LogP contribution in [-0.2, 0) is 16.0 Å². The molecule has 1 aromatic heterocycles. The smallest absolute Gasteiger partial charge is 0.465 e. The van der Waals surface area contributed by atoms with Gasteiger partial charge in [-0.3, -0.25) is 0 Å². The number of halogens is 3. The van der Waals surface area contributed by atoms with E-state index in [4.69, 9.17) is 18.6 Å². The molecule has 0 bridgehead atoms. The van der Waals surface area contributed by atoms with Crippen LogP contribution in [0.5, 0.6) is 11.5 Å². The summed E-state index contributed by atoms with van der Waals surface area (Å²) >= 11 is 0. The van der Waals surface area contributed by atoms with Gasteiger partial charge < -0.3 is 28.7 Å². The third kappa shape index (κ3) is 8.42. The number of benzene rings is 2. The Balaban J connectivity index is 1.53. The number of nitrogens with one attached hydrogen (secondary N) is 1. The first-order valence-electron chi connectivity index (χ1n) is 11.3. The van der Waals surface area contributed by atoms with E-state index in [0.717, 1.165) is 17.6 Å². The molecule has 0 amide bonds. The minimum atomic E-state index is -4.87. The van der Waals surface area contributed by atoms with Gasteiger partial charge in [-0.2, -0.15) is 0 Å². The van der Waals surface area contributed by atoms with E-state index in [1.807, 2.05) is 0 Å². The van der Waals surface area contributed by atoms with E-state index in [2.05, 4.69) is 15.0 Å². The molecule has 1 unspecified atom stereocenters. The molecule has 1 atom stereocenters. The SMILES string of the molecule is Cc1nc2ccc(OC(C)OCCNCc3ccc(OC(F)(F)F)cc3C(=O)OC(C)(C)C)cc2o1. The molecule has 11 heteroatoms. The number of carbonyl (C=O) groups excluding carboxylic acids is 1. The number of ether oxygens (including phenoxy) is 4. The second-order valence-electron chi connectivity index (χ2n) is 8.96. The van der Waals surface area contributed by atoms with Crippen LogP contribution in [0.15, 0.2) is 40.8 Å². The second kappa shape index (κ2) is 11.2. The van der Waals surface area contributed by atoms with Gasteiger partial charge >= 0.3 is 12.3 Å². The Morgan fingerprint density at radius 3 is 2.53 bits per heavy atom. The van der Waals surface area contributed by atoms with Crippen LogP contribution in [0.1, 0.15) is 49.5 Å². The minimum Gasteiger partial charge on any atom is -0.465 e. The molecule has 1 N–H and O–H groups in total. The number of aromatic nitrogens is 1. The van der Waals surface area contributed by atoms with E-state index >= 15 is 0 Å². The van der Waals surface area contributed by atoms with Crippen molar-refractivity contribution >= 4 is 17.1 Å². The minimum absolute atomic E-state index is 0.0187. The lowest BCUT2D eigenvalue weighted by molar-refractivity contribution is -0.274. The Morgan fingerprint density at radius 1 is 1.11 bits per heavy atom. The highest BCUT2D eigenvalue weighted by Gasteiger charge is 2.32. The van der Waals surface area contributed by atoms with Crippen LogP contribution >= 0.6 is 0 Å². The van der Waals surface area contributed by atoms with Crippen molar-refractivity contribution in [2.75, 3.05) is 13.2 Å². The maximum Gasteiger partial charge on any atom is 0.573 e. The number of nitrogens with zero attached hydrogens (tertiary/aromatic N) is 1. The van der Waals surface area contributed by atoms with E-state index in [9.17, 15) is 18.0 Å². The Kier molecular flexibility index (Phi) is 8.47. The van der Waals surface area contributed by atoms with Gasteiger partial charge in [0.15, 0.2) is 17.8 Å². The third-order valence-corrected chi connectivity index (χ3v) is 4.65. The molecule has 0 spiro atoms. The molecule has 3 aromatic rings. The van der Waals surface area contributed by atoms with Gasteiger partial charge in [-0.15, -0.1) is 13.2 Å². The molecule has 196 valence electrons. The molecule has 0 aliphatic heterocycles. The van der Waals surface area contributed by atoms with Crippen LogP contribution in [0.3, 0.4) is 0 Å². The summed E-state index contributed by atoms with van der Waals surface area (Å²) in [7, 11) is 0. The third-order valence-electron chi connectivity index (χ3n) is 4.65. The van der Waals surface area contributed by atoms with Crippen molar-refractivity contribution in [1.29, 1.82) is 0 Å². The van der Waals surface area contributed by atoms with Crippen molar-refractivity contribution in [3.8, 4) is 11.5 Å². The van der Waals surface area contributed by atoms with Crippen LogP contribution in [0, 0.1) is 6.92 Å². The lowest BCUT2D eigenvalue weighted by atomic mass is 10.1. The molecule has 0 saturated heterocycles. The number of hydrogen-bond acceptors (Lipinski definition) is 8. The maximum absolute atomic E-state index is 12.6. The molecule has 0 aliphatic rings.